The predicted molar refractivity (Wildman–Crippen MR) is 95.5 cm³/mol. The lowest BCUT2D eigenvalue weighted by Crippen LogP contribution is -2.26. The van der Waals surface area contributed by atoms with Gasteiger partial charge in [-0.3, -0.25) is 4.79 Å². The van der Waals surface area contributed by atoms with Gasteiger partial charge in [0.1, 0.15) is 5.82 Å². The number of aromatic nitrogens is 2. The minimum absolute atomic E-state index is 0.256. The van der Waals surface area contributed by atoms with Crippen molar-refractivity contribution in [3.63, 3.8) is 0 Å². The standard InChI is InChI=1S/C18H19FN4O2/c1-10(11-4-6-14-15(9-11)22-18(25)21-14)20-17(24)12-5-7-16(23(2)3)13(19)8-12/h4-10H,1-3H3,(H,20,24)(H2,21,22,25)/t10-/m1/s1. The monoisotopic (exact) mass is 342 g/mol. The van der Waals surface area contributed by atoms with Crippen molar-refractivity contribution in [3.8, 4) is 0 Å². The van der Waals surface area contributed by atoms with Gasteiger partial charge in [-0.15, -0.1) is 0 Å². The van der Waals surface area contributed by atoms with E-state index in [4.69, 9.17) is 0 Å². The zero-order valence-corrected chi connectivity index (χ0v) is 14.2. The van der Waals surface area contributed by atoms with E-state index < -0.39 is 5.82 Å². The molecule has 0 aliphatic rings. The Kier molecular flexibility index (Phi) is 4.31. The fourth-order valence-electron chi connectivity index (χ4n) is 2.69. The number of carbonyl (C=O) groups excluding carboxylic acids is 1. The van der Waals surface area contributed by atoms with Gasteiger partial charge in [-0.05, 0) is 42.8 Å². The van der Waals surface area contributed by atoms with Crippen LogP contribution in [0.4, 0.5) is 10.1 Å². The smallest absolute Gasteiger partial charge is 0.323 e. The molecule has 25 heavy (non-hydrogen) atoms. The molecule has 0 radical (unpaired) electrons. The molecule has 3 rings (SSSR count). The van der Waals surface area contributed by atoms with Gasteiger partial charge < -0.3 is 20.2 Å². The molecular formula is C18H19FN4O2. The topological polar surface area (TPSA) is 81.0 Å². The number of hydrogen-bond donors (Lipinski definition) is 3. The van der Waals surface area contributed by atoms with Crippen molar-refractivity contribution in [2.24, 2.45) is 0 Å². The average Bonchev–Trinajstić information content (AvgIpc) is 2.93. The Balaban J connectivity index is 1.79. The van der Waals surface area contributed by atoms with Gasteiger partial charge in [-0.2, -0.15) is 0 Å². The van der Waals surface area contributed by atoms with Gasteiger partial charge in [-0.25, -0.2) is 9.18 Å². The summed E-state index contributed by atoms with van der Waals surface area (Å²) in [4.78, 5) is 30.7. The van der Waals surface area contributed by atoms with Crippen molar-refractivity contribution >= 4 is 22.6 Å². The average molecular weight is 342 g/mol. The maximum Gasteiger partial charge on any atom is 0.323 e. The van der Waals surface area contributed by atoms with E-state index in [1.54, 1.807) is 43.3 Å². The third-order valence-corrected chi connectivity index (χ3v) is 4.08. The number of imidazole rings is 1. The van der Waals surface area contributed by atoms with Crippen LogP contribution in [0.1, 0.15) is 28.9 Å². The summed E-state index contributed by atoms with van der Waals surface area (Å²) in [5, 5.41) is 2.84. The zero-order chi connectivity index (χ0) is 18.1. The number of fused-ring (bicyclic) bond motifs is 1. The zero-order valence-electron chi connectivity index (χ0n) is 14.2. The summed E-state index contributed by atoms with van der Waals surface area (Å²) in [5.41, 5.74) is 2.61. The van der Waals surface area contributed by atoms with Gasteiger partial charge in [-0.1, -0.05) is 6.07 Å². The second kappa shape index (κ2) is 6.43. The second-order valence-electron chi connectivity index (χ2n) is 6.14. The third kappa shape index (κ3) is 3.40. The van der Waals surface area contributed by atoms with Gasteiger partial charge >= 0.3 is 5.69 Å². The molecule has 1 aromatic heterocycles. The van der Waals surface area contributed by atoms with Crippen LogP contribution in [0, 0.1) is 5.82 Å². The Morgan fingerprint density at radius 1 is 1.12 bits per heavy atom. The highest BCUT2D eigenvalue weighted by Crippen LogP contribution is 2.20. The van der Waals surface area contributed by atoms with Crippen LogP contribution in [0.25, 0.3) is 11.0 Å². The fourth-order valence-corrected chi connectivity index (χ4v) is 2.69. The maximum absolute atomic E-state index is 14.0. The fraction of sp³-hybridized carbons (Fsp3) is 0.222. The van der Waals surface area contributed by atoms with E-state index in [1.165, 1.54) is 6.07 Å². The van der Waals surface area contributed by atoms with Crippen LogP contribution < -0.4 is 15.9 Å². The number of anilines is 1. The molecule has 0 aliphatic carbocycles. The number of carbonyl (C=O) groups is 1. The van der Waals surface area contributed by atoms with E-state index >= 15 is 0 Å². The number of nitrogens with zero attached hydrogens (tertiary/aromatic N) is 1. The van der Waals surface area contributed by atoms with Crippen molar-refractivity contribution in [2.45, 2.75) is 13.0 Å². The van der Waals surface area contributed by atoms with Crippen LogP contribution >= 0.6 is 0 Å². The van der Waals surface area contributed by atoms with Crippen LogP contribution in [0.2, 0.25) is 0 Å². The molecule has 1 atom stereocenters. The molecule has 0 fully saturated rings. The number of aromatic amines is 2. The van der Waals surface area contributed by atoms with Crippen molar-refractivity contribution in [1.29, 1.82) is 0 Å². The molecular weight excluding hydrogens is 323 g/mol. The first-order valence-electron chi connectivity index (χ1n) is 7.85. The SMILES string of the molecule is C[C@@H](NC(=O)c1ccc(N(C)C)c(F)c1)c1ccc2[nH]c(=O)[nH]c2c1. The summed E-state index contributed by atoms with van der Waals surface area (Å²) >= 11 is 0. The lowest BCUT2D eigenvalue weighted by molar-refractivity contribution is 0.0939. The van der Waals surface area contributed by atoms with Gasteiger partial charge in [0.2, 0.25) is 0 Å². The van der Waals surface area contributed by atoms with E-state index in [0.717, 1.165) is 5.56 Å². The summed E-state index contributed by atoms with van der Waals surface area (Å²) in [6.45, 7) is 1.83. The van der Waals surface area contributed by atoms with Crippen LogP contribution in [-0.4, -0.2) is 30.0 Å². The molecule has 0 unspecified atom stereocenters. The summed E-state index contributed by atoms with van der Waals surface area (Å²) < 4.78 is 14.0. The Morgan fingerprint density at radius 2 is 1.84 bits per heavy atom. The van der Waals surface area contributed by atoms with Crippen molar-refractivity contribution < 1.29 is 9.18 Å². The third-order valence-electron chi connectivity index (χ3n) is 4.08. The van der Waals surface area contributed by atoms with Crippen LogP contribution in [0.5, 0.6) is 0 Å². The molecule has 3 aromatic rings. The molecule has 1 amide bonds. The minimum Gasteiger partial charge on any atom is -0.375 e. The number of H-pyrrole nitrogens is 2. The molecule has 6 nitrogen and oxygen atoms in total. The normalized spacial score (nSPS) is 12.2. The van der Waals surface area contributed by atoms with E-state index in [0.29, 0.717) is 16.7 Å². The van der Waals surface area contributed by atoms with Gasteiger partial charge in [0.15, 0.2) is 0 Å². The van der Waals surface area contributed by atoms with E-state index in [1.807, 2.05) is 13.0 Å². The summed E-state index contributed by atoms with van der Waals surface area (Å²) in [5.74, 6) is -0.809. The molecule has 3 N–H and O–H groups in total. The minimum atomic E-state index is -0.448. The number of benzene rings is 2. The lowest BCUT2D eigenvalue weighted by Gasteiger charge is -2.16. The van der Waals surface area contributed by atoms with Crippen LogP contribution in [-0.2, 0) is 0 Å². The molecule has 7 heteroatoms. The first-order valence-corrected chi connectivity index (χ1v) is 7.85. The van der Waals surface area contributed by atoms with Crippen LogP contribution in [0.15, 0.2) is 41.2 Å². The molecule has 0 bridgehead atoms. The Bertz CT molecular complexity index is 990. The number of amides is 1. The highest BCUT2D eigenvalue weighted by atomic mass is 19.1. The Hall–Kier alpha value is -3.09. The first-order chi connectivity index (χ1) is 11.8. The molecule has 1 heterocycles. The van der Waals surface area contributed by atoms with Crippen LogP contribution in [0.3, 0.4) is 0 Å². The number of halogens is 1. The number of hydrogen-bond acceptors (Lipinski definition) is 3. The first kappa shape index (κ1) is 16.8. The van der Waals surface area contributed by atoms with Gasteiger partial charge in [0, 0.05) is 19.7 Å². The van der Waals surface area contributed by atoms with Crippen molar-refractivity contribution in [3.05, 3.63) is 63.8 Å². The predicted octanol–water partition coefficient (Wildman–Crippen LogP) is 2.55. The second-order valence-corrected chi connectivity index (χ2v) is 6.14. The molecule has 2 aromatic carbocycles. The lowest BCUT2D eigenvalue weighted by atomic mass is 10.1. The molecule has 0 spiro atoms. The van der Waals surface area contributed by atoms with Crippen molar-refractivity contribution in [1.82, 2.24) is 15.3 Å². The van der Waals surface area contributed by atoms with E-state index in [2.05, 4.69) is 15.3 Å². The Morgan fingerprint density at radius 3 is 2.52 bits per heavy atom. The van der Waals surface area contributed by atoms with Gasteiger partial charge in [0.05, 0.1) is 22.8 Å². The molecule has 0 saturated heterocycles. The summed E-state index contributed by atoms with van der Waals surface area (Å²) in [6, 6.07) is 9.49. The molecule has 0 saturated carbocycles. The molecule has 130 valence electrons. The van der Waals surface area contributed by atoms with Gasteiger partial charge in [0.25, 0.3) is 5.91 Å². The molecule has 0 aliphatic heterocycles. The number of nitrogens with one attached hydrogen (secondary N) is 3. The maximum atomic E-state index is 14.0. The quantitative estimate of drug-likeness (QED) is 0.682. The summed E-state index contributed by atoms with van der Waals surface area (Å²) in [6.07, 6.45) is 0. The highest BCUT2D eigenvalue weighted by Gasteiger charge is 2.15. The summed E-state index contributed by atoms with van der Waals surface area (Å²) in [7, 11) is 3.48. The highest BCUT2D eigenvalue weighted by molar-refractivity contribution is 5.95. The van der Waals surface area contributed by atoms with Crippen molar-refractivity contribution in [2.75, 3.05) is 19.0 Å². The number of rotatable bonds is 4. The van der Waals surface area contributed by atoms with E-state index in [-0.39, 0.29) is 23.2 Å². The Labute approximate surface area is 143 Å². The van der Waals surface area contributed by atoms with E-state index in [9.17, 15) is 14.0 Å². The largest absolute Gasteiger partial charge is 0.375 e.